The van der Waals surface area contributed by atoms with E-state index >= 15 is 0 Å². The van der Waals surface area contributed by atoms with Crippen LogP contribution >= 0.6 is 0 Å². The topological polar surface area (TPSA) is 30.7 Å². The Hall–Kier alpha value is -6.58. The average molecular weight is 664 g/mol. The lowest BCUT2D eigenvalue weighted by Crippen LogP contribution is -2.15. The molecule has 0 aliphatic heterocycles. The van der Waals surface area contributed by atoms with Gasteiger partial charge in [-0.15, -0.1) is 0 Å². The molecule has 1 aliphatic rings. The van der Waals surface area contributed by atoms with Crippen molar-refractivity contribution >= 4 is 54.1 Å². The molecule has 2 heterocycles. The maximum absolute atomic E-state index is 5.39. The molecule has 3 heteroatoms. The lowest BCUT2D eigenvalue weighted by atomic mass is 9.82. The molecule has 0 amide bonds. The van der Waals surface area contributed by atoms with Gasteiger partial charge in [0.05, 0.1) is 22.4 Å². The molecule has 8 aromatic carbocycles. The Morgan fingerprint density at radius 3 is 1.48 bits per heavy atom. The van der Waals surface area contributed by atoms with Gasteiger partial charge in [-0.2, -0.15) is 0 Å². The summed E-state index contributed by atoms with van der Waals surface area (Å²) in [6, 6.07) is 59.2. The standard InChI is InChI=1S/C49H33N3/c1-49(2)42-24-14-13-23-36(42)39-26-41-40-25-37-34-21-11-9-19-32(34)33-20-10-12-22-35(33)38(37)27-46(40)52(47(41)28-43(39)49)48-50-44(30-15-5-3-6-16-30)29-45(51-48)31-17-7-4-8-18-31/h3-29H,1-2H3. The van der Waals surface area contributed by atoms with Gasteiger partial charge in [-0.3, -0.25) is 4.57 Å². The summed E-state index contributed by atoms with van der Waals surface area (Å²) in [5, 5.41) is 9.93. The third-order valence-corrected chi connectivity index (χ3v) is 11.4. The minimum Gasteiger partial charge on any atom is -0.278 e. The number of nitrogens with zero attached hydrogens (tertiary/aromatic N) is 3. The Balaban J connectivity index is 1.32. The van der Waals surface area contributed by atoms with Gasteiger partial charge in [0.1, 0.15) is 0 Å². The molecule has 0 radical (unpaired) electrons. The van der Waals surface area contributed by atoms with Crippen LogP contribution in [-0.2, 0) is 5.41 Å². The van der Waals surface area contributed by atoms with Gasteiger partial charge in [0.25, 0.3) is 0 Å². The molecule has 0 unspecified atom stereocenters. The van der Waals surface area contributed by atoms with Gasteiger partial charge < -0.3 is 0 Å². The third-order valence-electron chi connectivity index (χ3n) is 11.4. The highest BCUT2D eigenvalue weighted by molar-refractivity contribution is 6.29. The van der Waals surface area contributed by atoms with Crippen molar-refractivity contribution in [3.05, 3.63) is 175 Å². The lowest BCUT2D eigenvalue weighted by Gasteiger charge is -2.21. The Morgan fingerprint density at radius 1 is 0.385 bits per heavy atom. The first-order valence-electron chi connectivity index (χ1n) is 18.0. The quantitative estimate of drug-likeness (QED) is 0.176. The third kappa shape index (κ3) is 4.08. The highest BCUT2D eigenvalue weighted by atomic mass is 15.2. The van der Waals surface area contributed by atoms with Crippen molar-refractivity contribution in [2.75, 3.05) is 0 Å². The van der Waals surface area contributed by atoms with Gasteiger partial charge in [0, 0.05) is 27.3 Å². The van der Waals surface area contributed by atoms with E-state index in [0.717, 1.165) is 33.5 Å². The molecule has 11 rings (SSSR count). The first kappa shape index (κ1) is 29.2. The summed E-state index contributed by atoms with van der Waals surface area (Å²) in [5.41, 5.74) is 11.3. The fourth-order valence-corrected chi connectivity index (χ4v) is 8.87. The lowest BCUT2D eigenvalue weighted by molar-refractivity contribution is 0.661. The van der Waals surface area contributed by atoms with E-state index in [-0.39, 0.29) is 5.41 Å². The van der Waals surface area contributed by atoms with Crippen LogP contribution in [0.1, 0.15) is 25.0 Å². The molecule has 10 aromatic rings. The van der Waals surface area contributed by atoms with E-state index in [1.165, 1.54) is 65.3 Å². The number of benzene rings is 8. The zero-order valence-corrected chi connectivity index (χ0v) is 28.9. The van der Waals surface area contributed by atoms with Crippen molar-refractivity contribution < 1.29 is 0 Å². The molecule has 0 spiro atoms. The van der Waals surface area contributed by atoms with Crippen LogP contribution in [0.5, 0.6) is 0 Å². The highest BCUT2D eigenvalue weighted by Gasteiger charge is 2.36. The second kappa shape index (κ2) is 10.7. The molecule has 0 bridgehead atoms. The summed E-state index contributed by atoms with van der Waals surface area (Å²) in [5.74, 6) is 0.665. The minimum absolute atomic E-state index is 0.152. The number of fused-ring (bicyclic) bond motifs is 12. The van der Waals surface area contributed by atoms with Crippen LogP contribution < -0.4 is 0 Å². The monoisotopic (exact) mass is 663 g/mol. The molecule has 2 aromatic heterocycles. The minimum atomic E-state index is -0.152. The zero-order valence-electron chi connectivity index (χ0n) is 28.9. The molecule has 0 saturated heterocycles. The first-order chi connectivity index (χ1) is 25.5. The fraction of sp³-hybridized carbons (Fsp3) is 0.0612. The largest absolute Gasteiger partial charge is 0.278 e. The van der Waals surface area contributed by atoms with Gasteiger partial charge in [0.15, 0.2) is 0 Å². The van der Waals surface area contributed by atoms with Crippen LogP contribution in [0.25, 0.3) is 93.7 Å². The van der Waals surface area contributed by atoms with Gasteiger partial charge in [0.2, 0.25) is 5.95 Å². The van der Waals surface area contributed by atoms with Crippen LogP contribution in [0.4, 0.5) is 0 Å². The van der Waals surface area contributed by atoms with E-state index in [9.17, 15) is 0 Å². The molecular formula is C49H33N3. The van der Waals surface area contributed by atoms with Crippen LogP contribution in [0.15, 0.2) is 164 Å². The second-order valence-electron chi connectivity index (χ2n) is 14.6. The molecule has 3 nitrogen and oxygen atoms in total. The van der Waals surface area contributed by atoms with Crippen LogP contribution in [0.3, 0.4) is 0 Å². The normalized spacial score (nSPS) is 13.3. The van der Waals surface area contributed by atoms with E-state index in [1.807, 2.05) is 0 Å². The predicted octanol–water partition coefficient (Wildman–Crippen LogP) is 12.7. The Morgan fingerprint density at radius 2 is 0.865 bits per heavy atom. The van der Waals surface area contributed by atoms with Gasteiger partial charge >= 0.3 is 0 Å². The molecule has 1 aliphatic carbocycles. The van der Waals surface area contributed by atoms with Crippen molar-refractivity contribution in [1.29, 1.82) is 0 Å². The summed E-state index contributed by atoms with van der Waals surface area (Å²) in [7, 11) is 0. The number of hydrogen-bond acceptors (Lipinski definition) is 2. The van der Waals surface area contributed by atoms with Crippen molar-refractivity contribution in [3.63, 3.8) is 0 Å². The molecular weight excluding hydrogens is 631 g/mol. The van der Waals surface area contributed by atoms with Crippen molar-refractivity contribution in [2.45, 2.75) is 19.3 Å². The predicted molar refractivity (Wildman–Crippen MR) is 217 cm³/mol. The number of rotatable bonds is 3. The van der Waals surface area contributed by atoms with Crippen molar-refractivity contribution in [1.82, 2.24) is 14.5 Å². The molecule has 0 saturated carbocycles. The molecule has 0 atom stereocenters. The molecule has 244 valence electrons. The maximum Gasteiger partial charge on any atom is 0.235 e. The van der Waals surface area contributed by atoms with Crippen LogP contribution in [0, 0.1) is 0 Å². The van der Waals surface area contributed by atoms with Crippen molar-refractivity contribution in [2.24, 2.45) is 0 Å². The maximum atomic E-state index is 5.39. The fourth-order valence-electron chi connectivity index (χ4n) is 8.87. The zero-order chi connectivity index (χ0) is 34.6. The summed E-state index contributed by atoms with van der Waals surface area (Å²) in [6.45, 7) is 4.70. The van der Waals surface area contributed by atoms with E-state index < -0.39 is 0 Å². The summed E-state index contributed by atoms with van der Waals surface area (Å²) in [4.78, 5) is 10.8. The molecule has 52 heavy (non-hydrogen) atoms. The Kier molecular flexibility index (Phi) is 6.01. The van der Waals surface area contributed by atoms with Gasteiger partial charge in [-0.1, -0.05) is 147 Å². The molecule has 0 N–H and O–H groups in total. The summed E-state index contributed by atoms with van der Waals surface area (Å²) >= 11 is 0. The second-order valence-corrected chi connectivity index (χ2v) is 14.6. The summed E-state index contributed by atoms with van der Waals surface area (Å²) in [6.07, 6.45) is 0. The number of hydrogen-bond donors (Lipinski definition) is 0. The van der Waals surface area contributed by atoms with E-state index in [2.05, 4.69) is 182 Å². The highest BCUT2D eigenvalue weighted by Crippen LogP contribution is 2.51. The van der Waals surface area contributed by atoms with E-state index in [0.29, 0.717) is 5.95 Å². The van der Waals surface area contributed by atoms with Gasteiger partial charge in [-0.05, 0) is 84.9 Å². The Labute approximate surface area is 301 Å². The Bertz CT molecular complexity index is 3020. The summed E-state index contributed by atoms with van der Waals surface area (Å²) < 4.78 is 2.33. The molecule has 0 fully saturated rings. The van der Waals surface area contributed by atoms with Crippen LogP contribution in [0.2, 0.25) is 0 Å². The SMILES string of the molecule is CC1(C)c2ccccc2-c2cc3c4cc5c6ccccc6c6ccccc6c5cc4n(-c4nc(-c5ccccc5)cc(-c5ccccc5)n4)c3cc21. The van der Waals surface area contributed by atoms with Gasteiger partial charge in [-0.25, -0.2) is 9.97 Å². The number of aromatic nitrogens is 3. The van der Waals surface area contributed by atoms with Crippen molar-refractivity contribution in [3.8, 4) is 39.6 Å². The van der Waals surface area contributed by atoms with E-state index in [1.54, 1.807) is 0 Å². The average Bonchev–Trinajstić information content (AvgIpc) is 3.64. The smallest absolute Gasteiger partial charge is 0.235 e. The van der Waals surface area contributed by atoms with E-state index in [4.69, 9.17) is 9.97 Å². The first-order valence-corrected chi connectivity index (χ1v) is 18.0. The van der Waals surface area contributed by atoms with Crippen LogP contribution in [-0.4, -0.2) is 14.5 Å².